The summed E-state index contributed by atoms with van der Waals surface area (Å²) < 4.78 is 8.12. The summed E-state index contributed by atoms with van der Waals surface area (Å²) in [6, 6.07) is 2.11. The minimum Gasteiger partial charge on any atom is -0.371 e. The smallest absolute Gasteiger partial charge is 0.222 e. The van der Waals surface area contributed by atoms with Gasteiger partial charge in [-0.3, -0.25) is 9.58 Å². The number of hydrogen-bond acceptors (Lipinski definition) is 6. The Morgan fingerprint density at radius 3 is 3.04 bits per heavy atom. The highest BCUT2D eigenvalue weighted by atomic mass is 16.5. The summed E-state index contributed by atoms with van der Waals surface area (Å²) in [6.45, 7) is 3.77. The molecule has 2 aliphatic rings. The van der Waals surface area contributed by atoms with Gasteiger partial charge in [-0.05, 0) is 25.5 Å². The lowest BCUT2D eigenvalue weighted by atomic mass is 9.88. The highest BCUT2D eigenvalue weighted by Gasteiger charge is 2.43. The van der Waals surface area contributed by atoms with Crippen LogP contribution in [0.5, 0.6) is 0 Å². The molecule has 0 radical (unpaired) electrons. The molecule has 128 valence electrons. The van der Waals surface area contributed by atoms with Crippen LogP contribution in [-0.4, -0.2) is 56.0 Å². The zero-order chi connectivity index (χ0) is 16.4. The highest BCUT2D eigenvalue weighted by Crippen LogP contribution is 2.35. The van der Waals surface area contributed by atoms with E-state index >= 15 is 0 Å². The molecule has 4 rings (SSSR count). The molecule has 2 aromatic heterocycles. The van der Waals surface area contributed by atoms with Crippen molar-refractivity contribution in [3.05, 3.63) is 36.4 Å². The summed E-state index contributed by atoms with van der Waals surface area (Å²) in [5.41, 5.74) is 1.23. The fourth-order valence-corrected chi connectivity index (χ4v) is 3.91. The Morgan fingerprint density at radius 1 is 1.38 bits per heavy atom. The second kappa shape index (κ2) is 6.49. The van der Waals surface area contributed by atoms with Crippen molar-refractivity contribution >= 4 is 5.95 Å². The lowest BCUT2D eigenvalue weighted by Crippen LogP contribution is -2.47. The van der Waals surface area contributed by atoms with E-state index in [1.165, 1.54) is 12.0 Å². The molecule has 2 saturated heterocycles. The molecule has 24 heavy (non-hydrogen) atoms. The van der Waals surface area contributed by atoms with E-state index in [4.69, 9.17) is 4.74 Å². The van der Waals surface area contributed by atoms with Crippen LogP contribution in [0.1, 0.15) is 24.8 Å². The minimum absolute atomic E-state index is 0.0348. The zero-order valence-electron chi connectivity index (χ0n) is 14.1. The maximum Gasteiger partial charge on any atom is 0.222 e. The highest BCUT2D eigenvalue weighted by molar-refractivity contribution is 5.25. The molecule has 0 amide bonds. The number of nitrogens with one attached hydrogen (secondary N) is 1. The van der Waals surface area contributed by atoms with Gasteiger partial charge in [-0.25, -0.2) is 9.97 Å². The van der Waals surface area contributed by atoms with Crippen LogP contribution in [-0.2, 0) is 18.3 Å². The largest absolute Gasteiger partial charge is 0.371 e. The predicted molar refractivity (Wildman–Crippen MR) is 90.5 cm³/mol. The molecule has 0 aromatic carbocycles. The van der Waals surface area contributed by atoms with Crippen LogP contribution in [0.3, 0.4) is 0 Å². The molecule has 1 N–H and O–H groups in total. The first-order valence-corrected chi connectivity index (χ1v) is 8.58. The van der Waals surface area contributed by atoms with Crippen molar-refractivity contribution < 1.29 is 4.74 Å². The monoisotopic (exact) mass is 328 g/mol. The van der Waals surface area contributed by atoms with Crippen molar-refractivity contribution in [2.24, 2.45) is 7.05 Å². The molecular weight excluding hydrogens is 304 g/mol. The van der Waals surface area contributed by atoms with Gasteiger partial charge in [-0.15, -0.1) is 0 Å². The third-order valence-corrected chi connectivity index (χ3v) is 4.89. The van der Waals surface area contributed by atoms with Crippen molar-refractivity contribution in [3.63, 3.8) is 0 Å². The Kier molecular flexibility index (Phi) is 4.20. The van der Waals surface area contributed by atoms with Gasteiger partial charge in [-0.2, -0.15) is 5.10 Å². The van der Waals surface area contributed by atoms with Crippen LogP contribution >= 0.6 is 0 Å². The first-order chi connectivity index (χ1) is 11.7. The Balaban J connectivity index is 1.36. The average Bonchev–Trinajstić information content (AvgIpc) is 3.15. The lowest BCUT2D eigenvalue weighted by Gasteiger charge is -2.39. The van der Waals surface area contributed by atoms with Gasteiger partial charge in [0.1, 0.15) is 0 Å². The SMILES string of the molecule is Cn1cc(CN2CCC[C@@]3(C[C@H](Nc4ncccn4)CO3)C2)cn1. The number of aromatic nitrogens is 4. The lowest BCUT2D eigenvalue weighted by molar-refractivity contribution is -0.0533. The van der Waals surface area contributed by atoms with Crippen molar-refractivity contribution in [2.75, 3.05) is 25.0 Å². The van der Waals surface area contributed by atoms with Crippen molar-refractivity contribution in [3.8, 4) is 0 Å². The summed E-state index contributed by atoms with van der Waals surface area (Å²) in [4.78, 5) is 11.0. The van der Waals surface area contributed by atoms with E-state index in [0.29, 0.717) is 5.95 Å². The van der Waals surface area contributed by atoms with E-state index in [-0.39, 0.29) is 11.6 Å². The molecule has 7 heteroatoms. The fraction of sp³-hybridized carbons (Fsp3) is 0.588. The summed E-state index contributed by atoms with van der Waals surface area (Å²) in [5.74, 6) is 0.686. The third-order valence-electron chi connectivity index (χ3n) is 4.89. The van der Waals surface area contributed by atoms with Crippen molar-refractivity contribution in [1.29, 1.82) is 0 Å². The minimum atomic E-state index is -0.0348. The zero-order valence-corrected chi connectivity index (χ0v) is 14.1. The van der Waals surface area contributed by atoms with Crippen LogP contribution in [0.2, 0.25) is 0 Å². The van der Waals surface area contributed by atoms with E-state index < -0.39 is 0 Å². The maximum atomic E-state index is 6.26. The number of ether oxygens (including phenoxy) is 1. The molecule has 2 aliphatic heterocycles. The molecule has 2 aromatic rings. The normalized spacial score (nSPS) is 27.6. The van der Waals surface area contributed by atoms with Crippen LogP contribution in [0.15, 0.2) is 30.9 Å². The summed E-state index contributed by atoms with van der Waals surface area (Å²) in [6.07, 6.45) is 10.9. The number of anilines is 1. The van der Waals surface area contributed by atoms with Crippen molar-refractivity contribution in [2.45, 2.75) is 37.5 Å². The number of piperidine rings is 1. The molecular formula is C17H24N6O. The first kappa shape index (κ1) is 15.5. The van der Waals surface area contributed by atoms with Gasteiger partial charge in [0.15, 0.2) is 0 Å². The van der Waals surface area contributed by atoms with Gasteiger partial charge in [0.05, 0.1) is 24.4 Å². The van der Waals surface area contributed by atoms with Gasteiger partial charge >= 0.3 is 0 Å². The van der Waals surface area contributed by atoms with Gasteiger partial charge in [-0.1, -0.05) is 0 Å². The quantitative estimate of drug-likeness (QED) is 0.916. The number of rotatable bonds is 4. The second-order valence-electron chi connectivity index (χ2n) is 6.95. The standard InChI is InChI=1S/C17H24N6O/c1-22-10-14(9-20-22)11-23-7-2-4-17(13-23)8-15(12-24-17)21-16-18-5-3-6-19-16/h3,5-6,9-10,15H,2,4,7-8,11-13H2,1H3,(H,18,19,21)/t15-,17+/m0/s1. The molecule has 2 fully saturated rings. The van der Waals surface area contributed by atoms with Gasteiger partial charge in [0.2, 0.25) is 5.95 Å². The molecule has 4 heterocycles. The van der Waals surface area contributed by atoms with E-state index in [1.807, 2.05) is 24.0 Å². The maximum absolute atomic E-state index is 6.26. The Hall–Kier alpha value is -1.99. The summed E-state index contributed by atoms with van der Waals surface area (Å²) in [7, 11) is 1.96. The number of nitrogens with zero attached hydrogens (tertiary/aromatic N) is 5. The van der Waals surface area contributed by atoms with Gasteiger partial charge in [0.25, 0.3) is 0 Å². The fourth-order valence-electron chi connectivity index (χ4n) is 3.91. The van der Waals surface area contributed by atoms with E-state index in [0.717, 1.165) is 39.1 Å². The Morgan fingerprint density at radius 2 is 2.25 bits per heavy atom. The van der Waals surface area contributed by atoms with Gasteiger partial charge < -0.3 is 10.1 Å². The third kappa shape index (κ3) is 3.42. The molecule has 0 aliphatic carbocycles. The van der Waals surface area contributed by atoms with Crippen LogP contribution < -0.4 is 5.32 Å². The van der Waals surface area contributed by atoms with E-state index in [9.17, 15) is 0 Å². The van der Waals surface area contributed by atoms with Gasteiger partial charge in [0, 0.05) is 50.7 Å². The molecule has 2 atom stereocenters. The van der Waals surface area contributed by atoms with Crippen LogP contribution in [0.25, 0.3) is 0 Å². The Bertz CT molecular complexity index is 675. The number of likely N-dealkylation sites (tertiary alicyclic amines) is 1. The Labute approximate surface area is 142 Å². The second-order valence-corrected chi connectivity index (χ2v) is 6.95. The topological polar surface area (TPSA) is 68.1 Å². The molecule has 0 bridgehead atoms. The molecule has 7 nitrogen and oxygen atoms in total. The van der Waals surface area contributed by atoms with E-state index in [2.05, 4.69) is 31.5 Å². The summed E-state index contributed by atoms with van der Waals surface area (Å²) >= 11 is 0. The number of aryl methyl sites for hydroxylation is 1. The summed E-state index contributed by atoms with van der Waals surface area (Å²) in [5, 5.41) is 7.67. The average molecular weight is 328 g/mol. The predicted octanol–water partition coefficient (Wildman–Crippen LogP) is 1.45. The number of hydrogen-bond donors (Lipinski definition) is 1. The molecule has 1 spiro atoms. The van der Waals surface area contributed by atoms with Crippen LogP contribution in [0, 0.1) is 0 Å². The van der Waals surface area contributed by atoms with E-state index in [1.54, 1.807) is 12.4 Å². The molecule has 0 saturated carbocycles. The molecule has 0 unspecified atom stereocenters. The van der Waals surface area contributed by atoms with Crippen LogP contribution in [0.4, 0.5) is 5.95 Å². The van der Waals surface area contributed by atoms with Crippen molar-refractivity contribution in [1.82, 2.24) is 24.6 Å². The first-order valence-electron chi connectivity index (χ1n) is 8.58.